The zero-order valence-electron chi connectivity index (χ0n) is 12.7. The van der Waals surface area contributed by atoms with Crippen molar-refractivity contribution in [2.75, 3.05) is 5.32 Å². The van der Waals surface area contributed by atoms with Gasteiger partial charge in [0.15, 0.2) is 6.10 Å². The molecular weight excluding hydrogens is 362 g/mol. The van der Waals surface area contributed by atoms with Crippen molar-refractivity contribution in [3.63, 3.8) is 0 Å². The van der Waals surface area contributed by atoms with Gasteiger partial charge in [0.25, 0.3) is 5.91 Å². The molecule has 1 atom stereocenters. The Morgan fingerprint density at radius 2 is 1.96 bits per heavy atom. The smallest absolute Gasteiger partial charge is 0.342 e. The topological polar surface area (TPSA) is 75.6 Å². The maximum atomic E-state index is 12.1. The first-order valence-electron chi connectivity index (χ1n) is 6.94. The Bertz CT molecular complexity index is 745. The summed E-state index contributed by atoms with van der Waals surface area (Å²) in [5.74, 6) is -1.42. The van der Waals surface area contributed by atoms with E-state index < -0.39 is 18.0 Å². The zero-order chi connectivity index (χ0) is 17.0. The first-order chi connectivity index (χ1) is 10.9. The van der Waals surface area contributed by atoms with Crippen LogP contribution in [0.25, 0.3) is 0 Å². The zero-order valence-corrected chi connectivity index (χ0v) is 14.3. The molecule has 2 aromatic rings. The molecule has 2 aromatic carbocycles. The van der Waals surface area contributed by atoms with Crippen LogP contribution in [-0.2, 0) is 9.53 Å². The summed E-state index contributed by atoms with van der Waals surface area (Å²) in [7, 11) is 0. The summed E-state index contributed by atoms with van der Waals surface area (Å²) >= 11 is 3.21. The highest BCUT2D eigenvalue weighted by Gasteiger charge is 2.21. The second-order valence-corrected chi connectivity index (χ2v) is 5.98. The molecule has 0 aromatic heterocycles. The van der Waals surface area contributed by atoms with Crippen LogP contribution in [0.3, 0.4) is 0 Å². The standard InChI is InChI=1S/C17H16BrNO4/c1-10-4-3-5-13(8-10)19-16(21)11(2)23-17(22)14-9-12(18)6-7-15(14)20/h3-9,11,20H,1-2H3,(H,19,21)/t11-/m1/s1. The number of ether oxygens (including phenoxy) is 1. The highest BCUT2D eigenvalue weighted by molar-refractivity contribution is 9.10. The van der Waals surface area contributed by atoms with Crippen molar-refractivity contribution in [3.05, 3.63) is 58.1 Å². The predicted molar refractivity (Wildman–Crippen MR) is 90.5 cm³/mol. The molecule has 0 spiro atoms. The van der Waals surface area contributed by atoms with Crippen LogP contribution in [0.2, 0.25) is 0 Å². The third-order valence-corrected chi connectivity index (χ3v) is 3.61. The van der Waals surface area contributed by atoms with Crippen molar-refractivity contribution in [2.24, 2.45) is 0 Å². The van der Waals surface area contributed by atoms with Crippen molar-refractivity contribution in [1.82, 2.24) is 0 Å². The number of nitrogens with one attached hydrogen (secondary N) is 1. The average molecular weight is 378 g/mol. The maximum absolute atomic E-state index is 12.1. The van der Waals surface area contributed by atoms with Gasteiger partial charge in [-0.3, -0.25) is 4.79 Å². The van der Waals surface area contributed by atoms with Gasteiger partial charge in [0.05, 0.1) is 0 Å². The summed E-state index contributed by atoms with van der Waals surface area (Å²) in [6.45, 7) is 3.38. The van der Waals surface area contributed by atoms with E-state index in [0.717, 1.165) is 5.56 Å². The van der Waals surface area contributed by atoms with Crippen molar-refractivity contribution >= 4 is 33.5 Å². The number of aromatic hydroxyl groups is 1. The molecule has 5 nitrogen and oxygen atoms in total. The van der Waals surface area contributed by atoms with Crippen molar-refractivity contribution in [1.29, 1.82) is 0 Å². The molecule has 1 amide bonds. The Morgan fingerprint density at radius 3 is 2.65 bits per heavy atom. The summed E-state index contributed by atoms with van der Waals surface area (Å²) < 4.78 is 5.73. The molecule has 120 valence electrons. The van der Waals surface area contributed by atoms with E-state index in [2.05, 4.69) is 21.2 Å². The molecule has 0 aliphatic rings. The first-order valence-corrected chi connectivity index (χ1v) is 7.73. The van der Waals surface area contributed by atoms with E-state index in [1.54, 1.807) is 12.1 Å². The fourth-order valence-electron chi connectivity index (χ4n) is 1.92. The number of esters is 1. The minimum Gasteiger partial charge on any atom is -0.507 e. The fourth-order valence-corrected chi connectivity index (χ4v) is 2.28. The van der Waals surface area contributed by atoms with Gasteiger partial charge in [0.1, 0.15) is 11.3 Å². The maximum Gasteiger partial charge on any atom is 0.342 e. The molecule has 0 bridgehead atoms. The Labute approximate surface area is 142 Å². The van der Waals surface area contributed by atoms with Crippen LogP contribution in [0.5, 0.6) is 5.75 Å². The SMILES string of the molecule is Cc1cccc(NC(=O)[C@@H](C)OC(=O)c2cc(Br)ccc2O)c1. The Morgan fingerprint density at radius 1 is 1.22 bits per heavy atom. The van der Waals surface area contributed by atoms with E-state index in [0.29, 0.717) is 10.2 Å². The number of hydrogen-bond donors (Lipinski definition) is 2. The minimum atomic E-state index is -0.999. The third kappa shape index (κ3) is 4.56. The lowest BCUT2D eigenvalue weighted by Gasteiger charge is -2.14. The number of halogens is 1. The number of hydrogen-bond acceptors (Lipinski definition) is 4. The van der Waals surface area contributed by atoms with Gasteiger partial charge in [-0.05, 0) is 49.7 Å². The number of phenols is 1. The van der Waals surface area contributed by atoms with Gasteiger partial charge in [0.2, 0.25) is 0 Å². The van der Waals surface area contributed by atoms with Gasteiger partial charge in [-0.25, -0.2) is 4.79 Å². The van der Waals surface area contributed by atoms with E-state index in [9.17, 15) is 14.7 Å². The second-order valence-electron chi connectivity index (χ2n) is 5.07. The van der Waals surface area contributed by atoms with Gasteiger partial charge >= 0.3 is 5.97 Å². The molecule has 0 saturated carbocycles. The highest BCUT2D eigenvalue weighted by atomic mass is 79.9. The summed E-state index contributed by atoms with van der Waals surface area (Å²) in [6, 6.07) is 11.7. The lowest BCUT2D eigenvalue weighted by molar-refractivity contribution is -0.123. The van der Waals surface area contributed by atoms with Gasteiger partial charge < -0.3 is 15.2 Å². The van der Waals surface area contributed by atoms with Gasteiger partial charge in [-0.2, -0.15) is 0 Å². The summed E-state index contributed by atoms with van der Waals surface area (Å²) in [6.07, 6.45) is -0.999. The summed E-state index contributed by atoms with van der Waals surface area (Å²) in [5.41, 5.74) is 1.63. The molecule has 0 heterocycles. The lowest BCUT2D eigenvalue weighted by Crippen LogP contribution is -2.30. The number of carbonyl (C=O) groups excluding carboxylic acids is 2. The molecule has 0 aliphatic carbocycles. The summed E-state index contributed by atoms with van der Waals surface area (Å²) in [5, 5.41) is 12.4. The monoisotopic (exact) mass is 377 g/mol. The molecule has 0 aliphatic heterocycles. The van der Waals surface area contributed by atoms with E-state index in [1.807, 2.05) is 25.1 Å². The highest BCUT2D eigenvalue weighted by Crippen LogP contribution is 2.23. The van der Waals surface area contributed by atoms with Crippen molar-refractivity contribution in [2.45, 2.75) is 20.0 Å². The van der Waals surface area contributed by atoms with E-state index >= 15 is 0 Å². The van der Waals surface area contributed by atoms with E-state index in [-0.39, 0.29) is 11.3 Å². The lowest BCUT2D eigenvalue weighted by atomic mass is 10.2. The minimum absolute atomic E-state index is 0.00502. The molecule has 6 heteroatoms. The predicted octanol–water partition coefficient (Wildman–Crippen LogP) is 3.65. The molecule has 0 unspecified atom stereocenters. The summed E-state index contributed by atoms with van der Waals surface area (Å²) in [4.78, 5) is 24.1. The number of amides is 1. The Kier molecular flexibility index (Phi) is 5.39. The number of benzene rings is 2. The molecule has 0 radical (unpaired) electrons. The molecular formula is C17H16BrNO4. The van der Waals surface area contributed by atoms with Gasteiger partial charge in [-0.15, -0.1) is 0 Å². The van der Waals surface area contributed by atoms with Crippen LogP contribution in [0.15, 0.2) is 46.9 Å². The van der Waals surface area contributed by atoms with Crippen LogP contribution in [0.4, 0.5) is 5.69 Å². The fraction of sp³-hybridized carbons (Fsp3) is 0.176. The normalized spacial score (nSPS) is 11.6. The van der Waals surface area contributed by atoms with Crippen LogP contribution in [-0.4, -0.2) is 23.1 Å². The molecule has 2 N–H and O–H groups in total. The van der Waals surface area contributed by atoms with Crippen LogP contribution >= 0.6 is 15.9 Å². The third-order valence-electron chi connectivity index (χ3n) is 3.12. The number of carbonyl (C=O) groups is 2. The molecule has 0 fully saturated rings. The van der Waals surface area contributed by atoms with Crippen LogP contribution in [0, 0.1) is 6.92 Å². The second kappa shape index (κ2) is 7.28. The average Bonchev–Trinajstić information content (AvgIpc) is 2.49. The Hall–Kier alpha value is -2.34. The van der Waals surface area contributed by atoms with Crippen LogP contribution < -0.4 is 5.32 Å². The first kappa shape index (κ1) is 17.0. The largest absolute Gasteiger partial charge is 0.507 e. The van der Waals surface area contributed by atoms with E-state index in [4.69, 9.17) is 4.74 Å². The molecule has 2 rings (SSSR count). The van der Waals surface area contributed by atoms with Gasteiger partial charge in [-0.1, -0.05) is 28.1 Å². The van der Waals surface area contributed by atoms with Crippen molar-refractivity contribution < 1.29 is 19.4 Å². The van der Waals surface area contributed by atoms with Gasteiger partial charge in [0, 0.05) is 10.2 Å². The molecule has 0 saturated heterocycles. The van der Waals surface area contributed by atoms with E-state index in [1.165, 1.54) is 19.1 Å². The quantitative estimate of drug-likeness (QED) is 0.797. The number of phenolic OH excluding ortho intramolecular Hbond substituents is 1. The van der Waals surface area contributed by atoms with Crippen LogP contribution in [0.1, 0.15) is 22.8 Å². The Balaban J connectivity index is 2.03. The number of anilines is 1. The number of rotatable bonds is 4. The van der Waals surface area contributed by atoms with Crippen molar-refractivity contribution in [3.8, 4) is 5.75 Å². The number of aryl methyl sites for hydroxylation is 1. The molecule has 23 heavy (non-hydrogen) atoms.